The van der Waals surface area contributed by atoms with Crippen molar-refractivity contribution < 1.29 is 14.3 Å². The largest absolute Gasteiger partial charge is 0.468 e. The van der Waals surface area contributed by atoms with Gasteiger partial charge in [0.05, 0.1) is 12.8 Å². The highest BCUT2D eigenvalue weighted by atomic mass is 16.5. The van der Waals surface area contributed by atoms with Gasteiger partial charge in [0.1, 0.15) is 6.54 Å². The minimum Gasteiger partial charge on any atom is -0.468 e. The van der Waals surface area contributed by atoms with Crippen LogP contribution in [0.15, 0.2) is 65.8 Å². The Kier molecular flexibility index (Phi) is 5.64. The number of hydrogen-bond acceptors (Lipinski definition) is 5. The Balaban J connectivity index is 1.82. The zero-order valence-electron chi connectivity index (χ0n) is 15.5. The number of aryl methyl sites for hydroxylation is 1. The van der Waals surface area contributed by atoms with Gasteiger partial charge in [-0.05, 0) is 42.3 Å². The summed E-state index contributed by atoms with van der Waals surface area (Å²) in [5.74, 6) is -0.879. The topological polar surface area (TPSA) is 90.3 Å². The lowest BCUT2D eigenvalue weighted by Gasteiger charge is -2.10. The number of methoxy groups -OCH3 is 1. The number of nitrogens with zero attached hydrogens (tertiary/aromatic N) is 2. The van der Waals surface area contributed by atoms with Crippen molar-refractivity contribution in [3.8, 4) is 11.1 Å². The molecular weight excluding hydrogens is 358 g/mol. The fourth-order valence-corrected chi connectivity index (χ4v) is 2.69. The molecule has 142 valence electrons. The van der Waals surface area contributed by atoms with E-state index in [4.69, 9.17) is 0 Å². The first kappa shape index (κ1) is 19.0. The van der Waals surface area contributed by atoms with E-state index in [-0.39, 0.29) is 18.0 Å². The second-order valence-corrected chi connectivity index (χ2v) is 6.25. The lowest BCUT2D eigenvalue weighted by Crippen LogP contribution is -2.24. The molecule has 3 aromatic rings. The summed E-state index contributed by atoms with van der Waals surface area (Å²) in [6.45, 7) is 1.73. The molecular formula is C21H19N3O4. The van der Waals surface area contributed by atoms with Gasteiger partial charge in [-0.3, -0.25) is 19.4 Å². The van der Waals surface area contributed by atoms with Gasteiger partial charge in [-0.25, -0.2) is 0 Å². The van der Waals surface area contributed by atoms with Gasteiger partial charge in [-0.1, -0.05) is 12.1 Å². The number of nitrogens with one attached hydrogen (secondary N) is 1. The monoisotopic (exact) mass is 377 g/mol. The average Bonchev–Trinajstić information content (AvgIpc) is 2.70. The highest BCUT2D eigenvalue weighted by Gasteiger charge is 2.10. The summed E-state index contributed by atoms with van der Waals surface area (Å²) >= 11 is 0. The number of anilines is 1. The summed E-state index contributed by atoms with van der Waals surface area (Å²) in [7, 11) is 1.25. The maximum Gasteiger partial charge on any atom is 0.325 e. The van der Waals surface area contributed by atoms with E-state index in [0.29, 0.717) is 11.3 Å². The van der Waals surface area contributed by atoms with Crippen molar-refractivity contribution >= 4 is 17.6 Å². The molecule has 3 rings (SSSR count). The molecule has 0 bridgehead atoms. The van der Waals surface area contributed by atoms with Crippen molar-refractivity contribution in [1.82, 2.24) is 9.55 Å². The summed E-state index contributed by atoms with van der Waals surface area (Å²) in [6, 6.07) is 11.9. The zero-order chi connectivity index (χ0) is 20.1. The van der Waals surface area contributed by atoms with E-state index in [1.165, 1.54) is 30.0 Å². The third-order valence-electron chi connectivity index (χ3n) is 4.10. The summed E-state index contributed by atoms with van der Waals surface area (Å²) in [5.41, 5.74) is 3.32. The molecule has 0 saturated heterocycles. The first-order chi connectivity index (χ1) is 13.5. The van der Waals surface area contributed by atoms with Crippen LogP contribution in [0.3, 0.4) is 0 Å². The van der Waals surface area contributed by atoms with Crippen LogP contribution in [-0.4, -0.2) is 28.5 Å². The van der Waals surface area contributed by atoms with Crippen molar-refractivity contribution in [2.45, 2.75) is 13.5 Å². The van der Waals surface area contributed by atoms with Crippen LogP contribution >= 0.6 is 0 Å². The van der Waals surface area contributed by atoms with Gasteiger partial charge in [-0.15, -0.1) is 0 Å². The third-order valence-corrected chi connectivity index (χ3v) is 4.10. The van der Waals surface area contributed by atoms with Gasteiger partial charge in [0.25, 0.3) is 11.5 Å². The number of amides is 1. The van der Waals surface area contributed by atoms with E-state index in [9.17, 15) is 14.4 Å². The third kappa shape index (κ3) is 4.50. The number of pyridine rings is 2. The molecule has 1 amide bonds. The Labute approximate surface area is 161 Å². The van der Waals surface area contributed by atoms with Crippen LogP contribution in [0, 0.1) is 6.92 Å². The summed E-state index contributed by atoms with van der Waals surface area (Å²) in [6.07, 6.45) is 4.92. The smallest absolute Gasteiger partial charge is 0.325 e. The fraction of sp³-hybridized carbons (Fsp3) is 0.143. The van der Waals surface area contributed by atoms with Crippen molar-refractivity contribution in [2.24, 2.45) is 0 Å². The first-order valence-corrected chi connectivity index (χ1v) is 8.57. The highest BCUT2D eigenvalue weighted by Crippen LogP contribution is 2.21. The fourth-order valence-electron chi connectivity index (χ4n) is 2.69. The van der Waals surface area contributed by atoms with Crippen molar-refractivity contribution in [3.05, 3.63) is 82.5 Å². The van der Waals surface area contributed by atoms with Crippen LogP contribution in [0.25, 0.3) is 11.1 Å². The number of benzene rings is 1. The molecule has 0 unspecified atom stereocenters. The lowest BCUT2D eigenvalue weighted by atomic mass is 10.0. The van der Waals surface area contributed by atoms with Crippen LogP contribution in [0.5, 0.6) is 0 Å². The second-order valence-electron chi connectivity index (χ2n) is 6.25. The molecule has 0 fully saturated rings. The normalized spacial score (nSPS) is 10.4. The molecule has 0 saturated carbocycles. The van der Waals surface area contributed by atoms with Gasteiger partial charge in [-0.2, -0.15) is 0 Å². The average molecular weight is 377 g/mol. The molecule has 1 aromatic carbocycles. The molecule has 2 heterocycles. The Hall–Kier alpha value is -3.74. The Bertz CT molecular complexity index is 1090. The molecule has 2 aromatic heterocycles. The van der Waals surface area contributed by atoms with Gasteiger partial charge in [0, 0.05) is 35.8 Å². The van der Waals surface area contributed by atoms with Crippen LogP contribution in [-0.2, 0) is 16.1 Å². The number of hydrogen-bond donors (Lipinski definition) is 1. The highest BCUT2D eigenvalue weighted by molar-refractivity contribution is 6.04. The van der Waals surface area contributed by atoms with Crippen LogP contribution in [0.2, 0.25) is 0 Å². The van der Waals surface area contributed by atoms with Crippen LogP contribution in [0.4, 0.5) is 5.69 Å². The molecule has 7 heteroatoms. The number of aromatic nitrogens is 2. The molecule has 28 heavy (non-hydrogen) atoms. The molecule has 0 radical (unpaired) electrons. The summed E-state index contributed by atoms with van der Waals surface area (Å²) in [5, 5.41) is 2.74. The molecule has 7 nitrogen and oxygen atoms in total. The number of carbonyl (C=O) groups excluding carboxylic acids is 2. The predicted molar refractivity (Wildman–Crippen MR) is 105 cm³/mol. The van der Waals surface area contributed by atoms with Crippen LogP contribution in [0.1, 0.15) is 15.9 Å². The Morgan fingerprint density at radius 1 is 1.11 bits per heavy atom. The number of esters is 1. The van der Waals surface area contributed by atoms with Gasteiger partial charge in [0.2, 0.25) is 0 Å². The van der Waals surface area contributed by atoms with E-state index in [1.807, 2.05) is 19.1 Å². The minimum absolute atomic E-state index is 0.227. The van der Waals surface area contributed by atoms with E-state index in [2.05, 4.69) is 15.0 Å². The van der Waals surface area contributed by atoms with Gasteiger partial charge < -0.3 is 14.6 Å². The van der Waals surface area contributed by atoms with Crippen molar-refractivity contribution in [1.29, 1.82) is 0 Å². The van der Waals surface area contributed by atoms with Crippen molar-refractivity contribution in [3.63, 3.8) is 0 Å². The predicted octanol–water partition coefficient (Wildman–Crippen LogP) is 2.64. The van der Waals surface area contributed by atoms with Gasteiger partial charge >= 0.3 is 5.97 Å². The van der Waals surface area contributed by atoms with E-state index < -0.39 is 5.97 Å². The van der Waals surface area contributed by atoms with E-state index in [1.54, 1.807) is 30.6 Å². The number of carbonyl (C=O) groups is 2. The quantitative estimate of drug-likeness (QED) is 0.691. The number of rotatable bonds is 5. The molecule has 1 N–H and O–H groups in total. The molecule has 0 aliphatic rings. The Morgan fingerprint density at radius 3 is 2.68 bits per heavy atom. The lowest BCUT2D eigenvalue weighted by molar-refractivity contribution is -0.141. The molecule has 0 atom stereocenters. The van der Waals surface area contributed by atoms with E-state index >= 15 is 0 Å². The maximum absolute atomic E-state index is 12.6. The summed E-state index contributed by atoms with van der Waals surface area (Å²) in [4.78, 5) is 40.1. The SMILES string of the molecule is COC(=O)Cn1cc(NC(=O)c2cccc(-c3cncc(C)c3)c2)ccc1=O. The molecule has 0 spiro atoms. The molecule has 0 aliphatic heterocycles. The van der Waals surface area contributed by atoms with E-state index in [0.717, 1.165) is 16.7 Å². The maximum atomic E-state index is 12.6. The first-order valence-electron chi connectivity index (χ1n) is 8.57. The summed E-state index contributed by atoms with van der Waals surface area (Å²) < 4.78 is 5.75. The standard InChI is InChI=1S/C21H19N3O4/c1-14-8-17(11-22-10-14)15-4-3-5-16(9-15)21(27)23-18-6-7-19(25)24(12-18)13-20(26)28-2/h3-12H,13H2,1-2H3,(H,23,27). The van der Waals surface area contributed by atoms with Crippen LogP contribution < -0.4 is 10.9 Å². The van der Waals surface area contributed by atoms with Crippen molar-refractivity contribution in [2.75, 3.05) is 12.4 Å². The zero-order valence-corrected chi connectivity index (χ0v) is 15.5. The molecule has 0 aliphatic carbocycles. The second kappa shape index (κ2) is 8.30. The minimum atomic E-state index is -0.551. The Morgan fingerprint density at radius 2 is 1.93 bits per heavy atom. The van der Waals surface area contributed by atoms with Gasteiger partial charge in [0.15, 0.2) is 0 Å². The number of ether oxygens (including phenoxy) is 1.